The molecule has 28 heavy (non-hydrogen) atoms. The van der Waals surface area contributed by atoms with Crippen LogP contribution in [0.15, 0.2) is 77.8 Å². The van der Waals surface area contributed by atoms with Crippen LogP contribution in [0.4, 0.5) is 5.69 Å². The minimum atomic E-state index is -0.466. The van der Waals surface area contributed by atoms with Gasteiger partial charge in [0.1, 0.15) is 16.6 Å². The first-order valence-electron chi connectivity index (χ1n) is 8.52. The van der Waals surface area contributed by atoms with Crippen molar-refractivity contribution in [3.63, 3.8) is 0 Å². The van der Waals surface area contributed by atoms with Crippen LogP contribution in [0.5, 0.6) is 0 Å². The van der Waals surface area contributed by atoms with E-state index >= 15 is 0 Å². The molecule has 0 aliphatic carbocycles. The van der Waals surface area contributed by atoms with Crippen LogP contribution in [0.2, 0.25) is 0 Å². The Labute approximate surface area is 165 Å². The first-order chi connectivity index (χ1) is 13.7. The van der Waals surface area contributed by atoms with Crippen molar-refractivity contribution < 1.29 is 4.79 Å². The van der Waals surface area contributed by atoms with Crippen molar-refractivity contribution in [1.82, 2.24) is 9.97 Å². The number of hydrogen-bond donors (Lipinski definition) is 1. The third-order valence-corrected chi connectivity index (χ3v) is 4.98. The van der Waals surface area contributed by atoms with E-state index in [0.717, 1.165) is 21.5 Å². The number of thiazole rings is 1. The lowest BCUT2D eigenvalue weighted by Crippen LogP contribution is -2.13. The molecule has 2 aromatic carbocycles. The van der Waals surface area contributed by atoms with Crippen LogP contribution < -0.4 is 5.32 Å². The molecule has 0 radical (unpaired) electrons. The van der Waals surface area contributed by atoms with E-state index in [-0.39, 0.29) is 5.57 Å². The predicted molar refractivity (Wildman–Crippen MR) is 112 cm³/mol. The maximum Gasteiger partial charge on any atom is 0.266 e. The molecule has 0 saturated heterocycles. The number of nitrogens with one attached hydrogen (secondary N) is 1. The summed E-state index contributed by atoms with van der Waals surface area (Å²) in [4.78, 5) is 21.4. The summed E-state index contributed by atoms with van der Waals surface area (Å²) in [5, 5.41) is 16.8. The molecule has 0 unspecified atom stereocenters. The fourth-order valence-electron chi connectivity index (χ4n) is 2.78. The van der Waals surface area contributed by atoms with E-state index in [1.54, 1.807) is 11.6 Å². The number of fused-ring (bicyclic) bond motifs is 1. The van der Waals surface area contributed by atoms with E-state index in [4.69, 9.17) is 0 Å². The van der Waals surface area contributed by atoms with E-state index in [1.807, 2.05) is 66.7 Å². The molecule has 0 aliphatic rings. The first kappa shape index (κ1) is 17.6. The Kier molecular flexibility index (Phi) is 4.91. The van der Waals surface area contributed by atoms with Gasteiger partial charge in [-0.2, -0.15) is 5.26 Å². The Balaban J connectivity index is 1.59. The molecular formula is C22H14N4OS. The summed E-state index contributed by atoms with van der Waals surface area (Å²) in [6.07, 6.45) is 3.19. The lowest BCUT2D eigenvalue weighted by Gasteiger charge is -2.08. The molecule has 5 nitrogen and oxygen atoms in total. The second kappa shape index (κ2) is 7.82. The van der Waals surface area contributed by atoms with Gasteiger partial charge in [0, 0.05) is 22.7 Å². The van der Waals surface area contributed by atoms with Crippen LogP contribution in [0, 0.1) is 11.3 Å². The van der Waals surface area contributed by atoms with Crippen molar-refractivity contribution in [2.24, 2.45) is 0 Å². The number of hydrogen-bond acceptors (Lipinski definition) is 5. The number of nitriles is 1. The summed E-state index contributed by atoms with van der Waals surface area (Å²) in [6, 6.07) is 21.0. The van der Waals surface area contributed by atoms with Crippen molar-refractivity contribution in [1.29, 1.82) is 5.26 Å². The molecule has 2 heterocycles. The quantitative estimate of drug-likeness (QED) is 0.402. The molecular weight excluding hydrogens is 368 g/mol. The SMILES string of the molecule is N#CC(=Cc1csc(-c2ccccn2)n1)C(=O)Nc1cccc2ccccc12. The van der Waals surface area contributed by atoms with E-state index < -0.39 is 5.91 Å². The number of nitrogens with zero attached hydrogens (tertiary/aromatic N) is 3. The fraction of sp³-hybridized carbons (Fsp3) is 0. The standard InChI is InChI=1S/C22H14N4OS/c23-13-16(12-17-14-28-22(25-17)20-9-3-4-11-24-20)21(27)26-19-10-5-7-15-6-1-2-8-18(15)19/h1-12,14H,(H,26,27). The molecule has 0 spiro atoms. The average molecular weight is 382 g/mol. The minimum Gasteiger partial charge on any atom is -0.321 e. The molecule has 6 heteroatoms. The second-order valence-corrected chi connectivity index (χ2v) is 6.80. The zero-order valence-electron chi connectivity index (χ0n) is 14.7. The number of amides is 1. The summed E-state index contributed by atoms with van der Waals surface area (Å²) in [6.45, 7) is 0. The highest BCUT2D eigenvalue weighted by atomic mass is 32.1. The predicted octanol–water partition coefficient (Wildman–Crippen LogP) is 4.90. The van der Waals surface area contributed by atoms with Gasteiger partial charge in [0.25, 0.3) is 5.91 Å². The van der Waals surface area contributed by atoms with Crippen molar-refractivity contribution >= 4 is 39.8 Å². The number of anilines is 1. The van der Waals surface area contributed by atoms with Gasteiger partial charge < -0.3 is 5.32 Å². The van der Waals surface area contributed by atoms with Gasteiger partial charge in [-0.15, -0.1) is 11.3 Å². The largest absolute Gasteiger partial charge is 0.321 e. The number of aromatic nitrogens is 2. The topological polar surface area (TPSA) is 78.7 Å². The molecule has 1 N–H and O–H groups in total. The van der Waals surface area contributed by atoms with Crippen LogP contribution >= 0.6 is 11.3 Å². The van der Waals surface area contributed by atoms with Crippen molar-refractivity contribution in [3.8, 4) is 16.8 Å². The van der Waals surface area contributed by atoms with Crippen molar-refractivity contribution in [3.05, 3.63) is 83.5 Å². The summed E-state index contributed by atoms with van der Waals surface area (Å²) < 4.78 is 0. The van der Waals surface area contributed by atoms with Gasteiger partial charge in [0.05, 0.1) is 11.4 Å². The lowest BCUT2D eigenvalue weighted by molar-refractivity contribution is -0.112. The summed E-state index contributed by atoms with van der Waals surface area (Å²) >= 11 is 1.41. The zero-order chi connectivity index (χ0) is 19.3. The third-order valence-electron chi connectivity index (χ3n) is 4.10. The maximum absolute atomic E-state index is 12.6. The highest BCUT2D eigenvalue weighted by Gasteiger charge is 2.13. The van der Waals surface area contributed by atoms with E-state index in [1.165, 1.54) is 17.4 Å². The Morgan fingerprint density at radius 3 is 2.71 bits per heavy atom. The highest BCUT2D eigenvalue weighted by molar-refractivity contribution is 7.13. The molecule has 1 amide bonds. The van der Waals surface area contributed by atoms with E-state index in [2.05, 4.69) is 15.3 Å². The number of benzene rings is 2. The average Bonchev–Trinajstić information content (AvgIpc) is 3.21. The van der Waals surface area contributed by atoms with Gasteiger partial charge in [0.2, 0.25) is 0 Å². The Bertz CT molecular complexity index is 1220. The third kappa shape index (κ3) is 3.65. The smallest absolute Gasteiger partial charge is 0.266 e. The molecule has 0 bridgehead atoms. The van der Waals surface area contributed by atoms with Crippen LogP contribution in [0.1, 0.15) is 5.69 Å². The summed E-state index contributed by atoms with van der Waals surface area (Å²) in [5.74, 6) is -0.466. The van der Waals surface area contributed by atoms with Crippen LogP contribution in [0.3, 0.4) is 0 Å². The molecule has 134 valence electrons. The number of carbonyl (C=O) groups excluding carboxylic acids is 1. The van der Waals surface area contributed by atoms with Crippen LogP contribution in [0.25, 0.3) is 27.6 Å². The number of rotatable bonds is 4. The Morgan fingerprint density at radius 2 is 1.89 bits per heavy atom. The second-order valence-electron chi connectivity index (χ2n) is 5.94. The van der Waals surface area contributed by atoms with Crippen molar-refractivity contribution in [2.45, 2.75) is 0 Å². The Morgan fingerprint density at radius 1 is 1.07 bits per heavy atom. The molecule has 0 saturated carbocycles. The van der Waals surface area contributed by atoms with Gasteiger partial charge in [0.15, 0.2) is 0 Å². The Hall–Kier alpha value is -3.82. The van der Waals surface area contributed by atoms with Gasteiger partial charge in [-0.05, 0) is 29.7 Å². The number of carbonyl (C=O) groups is 1. The molecule has 0 fully saturated rings. The van der Waals surface area contributed by atoms with Crippen LogP contribution in [-0.2, 0) is 4.79 Å². The summed E-state index contributed by atoms with van der Waals surface area (Å²) in [7, 11) is 0. The highest BCUT2D eigenvalue weighted by Crippen LogP contribution is 2.25. The molecule has 0 aliphatic heterocycles. The monoisotopic (exact) mass is 382 g/mol. The first-order valence-corrected chi connectivity index (χ1v) is 9.40. The van der Waals surface area contributed by atoms with Gasteiger partial charge in [-0.25, -0.2) is 4.98 Å². The van der Waals surface area contributed by atoms with Crippen molar-refractivity contribution in [2.75, 3.05) is 5.32 Å². The number of pyridine rings is 1. The van der Waals surface area contributed by atoms with Gasteiger partial charge >= 0.3 is 0 Å². The lowest BCUT2D eigenvalue weighted by atomic mass is 10.1. The maximum atomic E-state index is 12.6. The summed E-state index contributed by atoms with van der Waals surface area (Å²) in [5.41, 5.74) is 1.96. The molecule has 2 aromatic heterocycles. The van der Waals surface area contributed by atoms with Gasteiger partial charge in [-0.3, -0.25) is 9.78 Å². The van der Waals surface area contributed by atoms with E-state index in [0.29, 0.717) is 11.4 Å². The molecule has 4 aromatic rings. The minimum absolute atomic E-state index is 0.00851. The zero-order valence-corrected chi connectivity index (χ0v) is 15.5. The fourth-order valence-corrected chi connectivity index (χ4v) is 3.53. The van der Waals surface area contributed by atoms with Gasteiger partial charge in [-0.1, -0.05) is 42.5 Å². The van der Waals surface area contributed by atoms with E-state index in [9.17, 15) is 10.1 Å². The normalized spacial score (nSPS) is 11.2. The molecule has 4 rings (SSSR count). The van der Waals surface area contributed by atoms with Crippen LogP contribution in [-0.4, -0.2) is 15.9 Å². The molecule has 0 atom stereocenters.